The molecule has 0 aliphatic carbocycles. The van der Waals surface area contributed by atoms with Gasteiger partial charge in [-0.05, 0) is 31.0 Å². The summed E-state index contributed by atoms with van der Waals surface area (Å²) in [6, 6.07) is 6.08. The molecule has 16 heavy (non-hydrogen) atoms. The van der Waals surface area contributed by atoms with Crippen LogP contribution in [0.15, 0.2) is 24.3 Å². The van der Waals surface area contributed by atoms with Crippen molar-refractivity contribution in [1.29, 1.82) is 0 Å². The van der Waals surface area contributed by atoms with Gasteiger partial charge in [0.25, 0.3) is 0 Å². The minimum atomic E-state index is -3.05. The summed E-state index contributed by atoms with van der Waals surface area (Å²) in [5, 5.41) is -0.461. The minimum Gasteiger partial charge on any atom is -0.229 e. The summed E-state index contributed by atoms with van der Waals surface area (Å²) in [5.74, 6) is -0.286. The Hall–Kier alpha value is -0.420. The maximum absolute atomic E-state index is 12.7. The van der Waals surface area contributed by atoms with Crippen molar-refractivity contribution < 1.29 is 12.8 Å². The molecule has 5 heteroatoms. The summed E-state index contributed by atoms with van der Waals surface area (Å²) >= 11 is 3.36. The third-order valence-corrected chi connectivity index (χ3v) is 5.67. The van der Waals surface area contributed by atoms with Gasteiger partial charge in [0.1, 0.15) is 5.82 Å². The van der Waals surface area contributed by atoms with Crippen LogP contribution in [0, 0.1) is 5.82 Å². The van der Waals surface area contributed by atoms with Gasteiger partial charge in [-0.1, -0.05) is 28.1 Å². The van der Waals surface area contributed by atoms with Crippen molar-refractivity contribution in [2.24, 2.45) is 0 Å². The summed E-state index contributed by atoms with van der Waals surface area (Å²) in [7, 11) is -3.05. The molecule has 0 saturated heterocycles. The molecule has 0 spiro atoms. The van der Waals surface area contributed by atoms with Crippen LogP contribution in [-0.4, -0.2) is 24.8 Å². The van der Waals surface area contributed by atoms with Gasteiger partial charge in [0.15, 0.2) is 9.84 Å². The standard InChI is InChI=1S/C11H14BrFO2S/c1-8(16(2,14)15)11(12)7-9-3-5-10(13)6-4-9/h3-6,8,11H,7H2,1-2H3. The molecule has 2 atom stereocenters. The fourth-order valence-corrected chi connectivity index (χ4v) is 3.46. The van der Waals surface area contributed by atoms with Gasteiger partial charge < -0.3 is 0 Å². The largest absolute Gasteiger partial charge is 0.229 e. The Balaban J connectivity index is 2.71. The lowest BCUT2D eigenvalue weighted by Gasteiger charge is -2.16. The van der Waals surface area contributed by atoms with Gasteiger partial charge in [-0.25, -0.2) is 12.8 Å². The van der Waals surface area contributed by atoms with Gasteiger partial charge >= 0.3 is 0 Å². The molecule has 0 aliphatic rings. The first-order valence-corrected chi connectivity index (χ1v) is 7.75. The Morgan fingerprint density at radius 1 is 1.31 bits per heavy atom. The molecule has 0 amide bonds. The summed E-state index contributed by atoms with van der Waals surface area (Å²) in [6.07, 6.45) is 1.78. The third kappa shape index (κ3) is 3.87. The molecular weight excluding hydrogens is 295 g/mol. The van der Waals surface area contributed by atoms with E-state index in [2.05, 4.69) is 15.9 Å². The quantitative estimate of drug-likeness (QED) is 0.801. The van der Waals surface area contributed by atoms with Gasteiger partial charge in [0.05, 0.1) is 5.25 Å². The summed E-state index contributed by atoms with van der Waals surface area (Å²) in [4.78, 5) is -0.159. The highest BCUT2D eigenvalue weighted by Gasteiger charge is 2.23. The Labute approximate surface area is 104 Å². The molecular formula is C11H14BrFO2S. The zero-order valence-electron chi connectivity index (χ0n) is 9.15. The molecule has 1 aromatic carbocycles. The van der Waals surface area contributed by atoms with E-state index in [0.717, 1.165) is 5.56 Å². The van der Waals surface area contributed by atoms with Gasteiger partial charge in [-0.2, -0.15) is 0 Å². The van der Waals surface area contributed by atoms with E-state index < -0.39 is 15.1 Å². The monoisotopic (exact) mass is 308 g/mol. The van der Waals surface area contributed by atoms with Gasteiger partial charge in [-0.15, -0.1) is 0 Å². The number of benzene rings is 1. The van der Waals surface area contributed by atoms with Crippen LogP contribution in [0.5, 0.6) is 0 Å². The van der Waals surface area contributed by atoms with E-state index in [1.807, 2.05) is 0 Å². The average molecular weight is 309 g/mol. The van der Waals surface area contributed by atoms with Crippen molar-refractivity contribution in [1.82, 2.24) is 0 Å². The number of rotatable bonds is 4. The third-order valence-electron chi connectivity index (χ3n) is 2.53. The summed E-state index contributed by atoms with van der Waals surface area (Å²) in [6.45, 7) is 1.66. The van der Waals surface area contributed by atoms with E-state index in [1.54, 1.807) is 19.1 Å². The fraction of sp³-hybridized carbons (Fsp3) is 0.455. The predicted molar refractivity (Wildman–Crippen MR) is 67.1 cm³/mol. The first kappa shape index (κ1) is 13.6. The molecule has 0 N–H and O–H groups in total. The van der Waals surface area contributed by atoms with E-state index in [9.17, 15) is 12.8 Å². The zero-order valence-corrected chi connectivity index (χ0v) is 11.6. The first-order chi connectivity index (χ1) is 7.30. The lowest BCUT2D eigenvalue weighted by Crippen LogP contribution is -2.27. The highest BCUT2D eigenvalue weighted by atomic mass is 79.9. The number of sulfone groups is 1. The Bertz CT molecular complexity index is 442. The average Bonchev–Trinajstić information content (AvgIpc) is 2.19. The second kappa shape index (κ2) is 5.27. The smallest absolute Gasteiger partial charge is 0.151 e. The molecule has 1 rings (SSSR count). The number of hydrogen-bond acceptors (Lipinski definition) is 2. The molecule has 0 radical (unpaired) electrons. The first-order valence-electron chi connectivity index (χ1n) is 4.88. The predicted octanol–water partition coefficient (Wildman–Crippen LogP) is 2.56. The van der Waals surface area contributed by atoms with Crippen LogP contribution in [-0.2, 0) is 16.3 Å². The Morgan fingerprint density at radius 3 is 2.25 bits per heavy atom. The SMILES string of the molecule is CC(C(Br)Cc1ccc(F)cc1)S(C)(=O)=O. The van der Waals surface area contributed by atoms with E-state index in [1.165, 1.54) is 18.4 Å². The molecule has 0 bridgehead atoms. The number of halogens is 2. The number of hydrogen-bond donors (Lipinski definition) is 0. The minimum absolute atomic E-state index is 0.159. The van der Waals surface area contributed by atoms with Crippen LogP contribution < -0.4 is 0 Å². The summed E-state index contributed by atoms with van der Waals surface area (Å²) in [5.41, 5.74) is 0.916. The lowest BCUT2D eigenvalue weighted by atomic mass is 10.1. The summed E-state index contributed by atoms with van der Waals surface area (Å²) < 4.78 is 35.3. The van der Waals surface area contributed by atoms with E-state index >= 15 is 0 Å². The van der Waals surface area contributed by atoms with Crippen molar-refractivity contribution in [3.63, 3.8) is 0 Å². The second-order valence-corrected chi connectivity index (χ2v) is 7.46. The highest BCUT2D eigenvalue weighted by molar-refractivity contribution is 9.09. The van der Waals surface area contributed by atoms with Crippen LogP contribution in [0.25, 0.3) is 0 Å². The van der Waals surface area contributed by atoms with Crippen molar-refractivity contribution >= 4 is 25.8 Å². The molecule has 90 valence electrons. The van der Waals surface area contributed by atoms with Crippen LogP contribution in [0.2, 0.25) is 0 Å². The fourth-order valence-electron chi connectivity index (χ4n) is 1.28. The number of alkyl halides is 1. The van der Waals surface area contributed by atoms with Gasteiger partial charge in [0, 0.05) is 11.1 Å². The lowest BCUT2D eigenvalue weighted by molar-refractivity contribution is 0.586. The Kier molecular flexibility index (Phi) is 4.50. The Morgan fingerprint density at radius 2 is 1.81 bits per heavy atom. The zero-order chi connectivity index (χ0) is 12.3. The van der Waals surface area contributed by atoms with E-state index in [4.69, 9.17) is 0 Å². The van der Waals surface area contributed by atoms with E-state index in [0.29, 0.717) is 6.42 Å². The van der Waals surface area contributed by atoms with Crippen molar-refractivity contribution in [2.75, 3.05) is 6.26 Å². The van der Waals surface area contributed by atoms with Crippen LogP contribution in [0.4, 0.5) is 4.39 Å². The van der Waals surface area contributed by atoms with Crippen molar-refractivity contribution in [3.8, 4) is 0 Å². The molecule has 0 fully saturated rings. The van der Waals surface area contributed by atoms with Gasteiger partial charge in [0.2, 0.25) is 0 Å². The maximum Gasteiger partial charge on any atom is 0.151 e. The highest BCUT2D eigenvalue weighted by Crippen LogP contribution is 2.18. The second-order valence-electron chi connectivity index (χ2n) is 3.88. The molecule has 2 nitrogen and oxygen atoms in total. The molecule has 0 saturated carbocycles. The van der Waals surface area contributed by atoms with E-state index in [-0.39, 0.29) is 10.6 Å². The van der Waals surface area contributed by atoms with Crippen LogP contribution >= 0.6 is 15.9 Å². The van der Waals surface area contributed by atoms with Crippen molar-refractivity contribution in [3.05, 3.63) is 35.6 Å². The molecule has 0 heterocycles. The topological polar surface area (TPSA) is 34.1 Å². The molecule has 1 aromatic rings. The van der Waals surface area contributed by atoms with Crippen LogP contribution in [0.3, 0.4) is 0 Å². The van der Waals surface area contributed by atoms with Crippen molar-refractivity contribution in [2.45, 2.75) is 23.4 Å². The van der Waals surface area contributed by atoms with Gasteiger partial charge in [-0.3, -0.25) is 0 Å². The maximum atomic E-state index is 12.7. The van der Waals surface area contributed by atoms with Crippen LogP contribution in [0.1, 0.15) is 12.5 Å². The molecule has 2 unspecified atom stereocenters. The normalized spacial score (nSPS) is 15.8. The molecule has 0 aliphatic heterocycles. The molecule has 0 aromatic heterocycles.